The molecule has 1 fully saturated rings. The van der Waals surface area contributed by atoms with E-state index in [2.05, 4.69) is 4.98 Å². The molecule has 0 saturated carbocycles. The van der Waals surface area contributed by atoms with Crippen molar-refractivity contribution in [3.8, 4) is 22.6 Å². The molecule has 2 atom stereocenters. The van der Waals surface area contributed by atoms with Gasteiger partial charge in [0.1, 0.15) is 23.8 Å². The maximum Gasteiger partial charge on any atom is 0.410 e. The number of hydrogen-bond acceptors (Lipinski definition) is 6. The van der Waals surface area contributed by atoms with Crippen molar-refractivity contribution in [3.05, 3.63) is 51.3 Å². The summed E-state index contributed by atoms with van der Waals surface area (Å²) in [6, 6.07) is 5.02. The van der Waals surface area contributed by atoms with Crippen molar-refractivity contribution in [2.45, 2.75) is 45.4 Å². The summed E-state index contributed by atoms with van der Waals surface area (Å²) < 4.78 is 47.6. The second-order valence-corrected chi connectivity index (χ2v) is 10.9. The molecule has 1 amide bonds. The highest BCUT2D eigenvalue weighted by atomic mass is 35.5. The highest BCUT2D eigenvalue weighted by Gasteiger charge is 2.41. The minimum Gasteiger partial charge on any atom is -0.496 e. The number of carbonyl (C=O) groups is 1. The summed E-state index contributed by atoms with van der Waals surface area (Å²) in [5.41, 5.74) is -1.40. The number of rotatable bonds is 2. The minimum atomic E-state index is -0.890. The van der Waals surface area contributed by atoms with Crippen LogP contribution in [0.2, 0.25) is 5.02 Å². The molecule has 3 aromatic rings. The highest BCUT2D eigenvalue weighted by molar-refractivity contribution is 6.34. The summed E-state index contributed by atoms with van der Waals surface area (Å²) in [4.78, 5) is 32.0. The number of nitrogens with one attached hydrogen (secondary N) is 1. The zero-order valence-corrected chi connectivity index (χ0v) is 22.4. The number of amides is 1. The molecule has 3 heterocycles. The van der Waals surface area contributed by atoms with Crippen LogP contribution in [0.15, 0.2) is 29.1 Å². The van der Waals surface area contributed by atoms with Crippen LogP contribution >= 0.6 is 11.6 Å². The summed E-state index contributed by atoms with van der Waals surface area (Å²) in [6.45, 7) is 8.05. The molecule has 0 spiro atoms. The molecule has 0 bridgehead atoms. The van der Waals surface area contributed by atoms with Crippen molar-refractivity contribution in [1.82, 2.24) is 9.88 Å². The predicted octanol–water partition coefficient (Wildman–Crippen LogP) is 5.34. The molecule has 1 saturated heterocycles. The molecule has 2 aliphatic rings. The fourth-order valence-corrected chi connectivity index (χ4v) is 5.39. The van der Waals surface area contributed by atoms with Crippen LogP contribution in [0, 0.1) is 11.6 Å². The van der Waals surface area contributed by atoms with E-state index in [1.165, 1.54) is 31.4 Å². The molecule has 2 aliphatic heterocycles. The number of halogens is 3. The summed E-state index contributed by atoms with van der Waals surface area (Å²) in [7, 11) is 1.35. The van der Waals surface area contributed by atoms with Crippen LogP contribution < -0.4 is 19.9 Å². The number of carbonyl (C=O) groups excluding carboxylic acids is 1. The molecule has 8 nitrogen and oxygen atoms in total. The Labute approximate surface area is 223 Å². The quantitative estimate of drug-likeness (QED) is 0.466. The van der Waals surface area contributed by atoms with Gasteiger partial charge in [-0.1, -0.05) is 17.7 Å². The lowest BCUT2D eigenvalue weighted by Crippen LogP contribution is -2.62. The number of benzene rings is 2. The number of hydrogen-bond donors (Lipinski definition) is 1. The van der Waals surface area contributed by atoms with Crippen LogP contribution in [-0.4, -0.2) is 60.5 Å². The van der Waals surface area contributed by atoms with E-state index in [9.17, 15) is 14.0 Å². The van der Waals surface area contributed by atoms with Crippen LogP contribution in [0.25, 0.3) is 22.0 Å². The van der Waals surface area contributed by atoms with Crippen molar-refractivity contribution < 1.29 is 27.8 Å². The first-order chi connectivity index (χ1) is 17.9. The number of aromatic amines is 1. The first-order valence-corrected chi connectivity index (χ1v) is 12.6. The second kappa shape index (κ2) is 9.34. The van der Waals surface area contributed by atoms with Crippen LogP contribution in [0.3, 0.4) is 0 Å². The number of aromatic nitrogens is 1. The van der Waals surface area contributed by atoms with E-state index in [1.54, 1.807) is 25.7 Å². The number of methoxy groups -OCH3 is 1. The maximum atomic E-state index is 16.1. The largest absolute Gasteiger partial charge is 0.496 e. The first-order valence-electron chi connectivity index (χ1n) is 12.2. The fourth-order valence-electron chi connectivity index (χ4n) is 5.10. The Morgan fingerprint density at radius 3 is 2.63 bits per heavy atom. The van der Waals surface area contributed by atoms with E-state index in [4.69, 9.17) is 25.8 Å². The van der Waals surface area contributed by atoms with Gasteiger partial charge in [-0.05, 0) is 45.9 Å². The Morgan fingerprint density at radius 2 is 1.95 bits per heavy atom. The Balaban J connectivity index is 1.63. The summed E-state index contributed by atoms with van der Waals surface area (Å²) in [5, 5.41) is 0.249. The molecule has 0 radical (unpaired) electrons. The van der Waals surface area contributed by atoms with Gasteiger partial charge in [0.15, 0.2) is 5.82 Å². The van der Waals surface area contributed by atoms with Gasteiger partial charge in [0.25, 0.3) is 5.56 Å². The molecule has 11 heteroatoms. The van der Waals surface area contributed by atoms with Gasteiger partial charge in [-0.3, -0.25) is 4.79 Å². The van der Waals surface area contributed by atoms with Crippen molar-refractivity contribution in [3.63, 3.8) is 0 Å². The van der Waals surface area contributed by atoms with Gasteiger partial charge in [-0.25, -0.2) is 13.6 Å². The normalized spacial score (nSPS) is 19.1. The van der Waals surface area contributed by atoms with Crippen molar-refractivity contribution in [2.24, 2.45) is 0 Å². The standard InChI is InChI=1S/C27H28ClF2N3O5/c1-13-10-33-14(11-32(13)26(35)38-27(2,3)4)12-37-24-23(33)15-9-16(28)19(21(30)22(15)31-25(24)34)20-17(29)7-6-8-18(20)36-5/h6-9,13-14H,10-12H2,1-5H3,(H,31,34)/t13-,14-/m1/s1. The molecule has 202 valence electrons. The Bertz CT molecular complexity index is 1500. The van der Waals surface area contributed by atoms with E-state index in [0.29, 0.717) is 17.6 Å². The lowest BCUT2D eigenvalue weighted by atomic mass is 9.98. The first kappa shape index (κ1) is 26.1. The molecular formula is C27H28ClF2N3O5. The summed E-state index contributed by atoms with van der Waals surface area (Å²) in [5.74, 6) is -1.47. The topological polar surface area (TPSA) is 84.1 Å². The van der Waals surface area contributed by atoms with Crippen LogP contribution in [0.5, 0.6) is 11.5 Å². The molecule has 2 aromatic carbocycles. The third-order valence-corrected chi connectivity index (χ3v) is 7.05. The Hall–Kier alpha value is -3.53. The molecule has 1 N–H and O–H groups in total. The van der Waals surface area contributed by atoms with Gasteiger partial charge >= 0.3 is 6.09 Å². The van der Waals surface area contributed by atoms with E-state index in [1.807, 2.05) is 11.8 Å². The SMILES string of the molecule is COc1cccc(F)c1-c1c(Cl)cc2c3c(c(=O)[nH]c2c1F)OC[C@H]1CN(C(=O)OC(C)(C)C)[C@H](C)CN31. The van der Waals surface area contributed by atoms with Gasteiger partial charge < -0.3 is 29.0 Å². The number of fused-ring (bicyclic) bond motifs is 5. The molecular weight excluding hydrogens is 520 g/mol. The van der Waals surface area contributed by atoms with Crippen LogP contribution in [-0.2, 0) is 4.74 Å². The van der Waals surface area contributed by atoms with E-state index < -0.39 is 28.9 Å². The molecule has 0 aliphatic carbocycles. The van der Waals surface area contributed by atoms with Crippen molar-refractivity contribution in [1.29, 1.82) is 0 Å². The predicted molar refractivity (Wildman–Crippen MR) is 141 cm³/mol. The Morgan fingerprint density at radius 1 is 1.21 bits per heavy atom. The van der Waals surface area contributed by atoms with Gasteiger partial charge in [0, 0.05) is 30.1 Å². The lowest BCUT2D eigenvalue weighted by molar-refractivity contribution is 0.00993. The summed E-state index contributed by atoms with van der Waals surface area (Å²) in [6.07, 6.45) is -0.441. The third-order valence-electron chi connectivity index (χ3n) is 6.75. The van der Waals surface area contributed by atoms with Gasteiger partial charge in [-0.15, -0.1) is 0 Å². The van der Waals surface area contributed by atoms with Crippen molar-refractivity contribution >= 4 is 34.3 Å². The zero-order chi connectivity index (χ0) is 27.5. The summed E-state index contributed by atoms with van der Waals surface area (Å²) >= 11 is 6.57. The minimum absolute atomic E-state index is 0.0401. The van der Waals surface area contributed by atoms with E-state index >= 15 is 4.39 Å². The third kappa shape index (κ3) is 4.30. The number of piperazine rings is 1. The smallest absolute Gasteiger partial charge is 0.410 e. The monoisotopic (exact) mass is 547 g/mol. The highest BCUT2D eigenvalue weighted by Crippen LogP contribution is 2.45. The molecule has 0 unspecified atom stereocenters. The van der Waals surface area contributed by atoms with Crippen LogP contribution in [0.4, 0.5) is 19.3 Å². The number of pyridine rings is 1. The fraction of sp³-hybridized carbons (Fsp3) is 0.407. The Kier molecular flexibility index (Phi) is 6.41. The molecule has 1 aromatic heterocycles. The van der Waals surface area contributed by atoms with Gasteiger partial charge in [0.05, 0.1) is 34.9 Å². The number of anilines is 1. The number of ether oxygens (including phenoxy) is 3. The maximum absolute atomic E-state index is 16.1. The average molecular weight is 548 g/mol. The number of H-pyrrole nitrogens is 1. The number of nitrogens with zero attached hydrogens (tertiary/aromatic N) is 2. The van der Waals surface area contributed by atoms with Crippen LogP contribution in [0.1, 0.15) is 27.7 Å². The van der Waals surface area contributed by atoms with Gasteiger partial charge in [-0.2, -0.15) is 0 Å². The average Bonchev–Trinajstić information content (AvgIpc) is 2.84. The van der Waals surface area contributed by atoms with E-state index in [0.717, 1.165) is 0 Å². The lowest BCUT2D eigenvalue weighted by Gasteiger charge is -2.48. The zero-order valence-electron chi connectivity index (χ0n) is 21.7. The van der Waals surface area contributed by atoms with E-state index in [-0.39, 0.29) is 58.4 Å². The van der Waals surface area contributed by atoms with Gasteiger partial charge in [0.2, 0.25) is 5.75 Å². The molecule has 5 rings (SSSR count). The molecule has 38 heavy (non-hydrogen) atoms. The van der Waals surface area contributed by atoms with Crippen molar-refractivity contribution in [2.75, 3.05) is 31.7 Å². The second-order valence-electron chi connectivity index (χ2n) is 10.5.